The van der Waals surface area contributed by atoms with Crippen molar-refractivity contribution in [3.05, 3.63) is 11.9 Å². The monoisotopic (exact) mass is 227 g/mol. The van der Waals surface area contributed by atoms with E-state index in [0.29, 0.717) is 0 Å². The Morgan fingerprint density at radius 1 is 0.800 bits per heavy atom. The zero-order valence-corrected chi connectivity index (χ0v) is 11.6. The van der Waals surface area contributed by atoms with E-state index in [2.05, 4.69) is 25.7 Å². The molecule has 15 heavy (non-hydrogen) atoms. The summed E-state index contributed by atoms with van der Waals surface area (Å²) in [5.41, 5.74) is 0. The average molecular weight is 227 g/mol. The smallest absolute Gasteiger partial charge is 0.0250 e. The number of hydrogen-bond donors (Lipinski definition) is 0. The molecule has 0 saturated carbocycles. The van der Waals surface area contributed by atoms with Crippen molar-refractivity contribution in [3.63, 3.8) is 0 Å². The molecule has 0 aliphatic rings. The summed E-state index contributed by atoms with van der Waals surface area (Å²) in [5, 5.41) is 0. The number of allylic oxidation sites excluding steroid dienone is 1. The lowest BCUT2D eigenvalue weighted by Gasteiger charge is -2.00. The first kappa shape index (κ1) is 15.2. The molecule has 0 N–H and O–H groups in total. The van der Waals surface area contributed by atoms with Gasteiger partial charge in [-0.15, -0.1) is 0 Å². The molecular formula is C14H28P. The minimum absolute atomic E-state index is 1.18. The van der Waals surface area contributed by atoms with Crippen molar-refractivity contribution in [2.45, 2.75) is 71.6 Å². The van der Waals surface area contributed by atoms with Gasteiger partial charge in [-0.3, -0.25) is 0 Å². The average Bonchev–Trinajstić information content (AvgIpc) is 2.26. The molecule has 0 spiro atoms. The molecule has 0 unspecified atom stereocenters. The molecule has 0 fully saturated rings. The Kier molecular flexibility index (Phi) is 14.3. The van der Waals surface area contributed by atoms with E-state index in [-0.39, 0.29) is 0 Å². The fourth-order valence-corrected chi connectivity index (χ4v) is 2.51. The highest BCUT2D eigenvalue weighted by Gasteiger charge is 1.91. The molecule has 0 aromatic heterocycles. The Morgan fingerprint density at radius 3 is 2.00 bits per heavy atom. The minimum atomic E-state index is 1.18. The standard InChI is InChI=1S/C14H28P/c1-3-5-7-8-9-10-11-12-14-15-13-6-4-2/h6,13H,3-5,7-12,14H2,1-2H3/b13-6+. The summed E-state index contributed by atoms with van der Waals surface area (Å²) >= 11 is 0. The predicted octanol–water partition coefficient (Wildman–Crippen LogP) is 6.00. The zero-order chi connectivity index (χ0) is 11.2. The van der Waals surface area contributed by atoms with Crippen LogP contribution >= 0.6 is 8.58 Å². The first-order valence-electron chi connectivity index (χ1n) is 6.73. The maximum absolute atomic E-state index is 2.31. The van der Waals surface area contributed by atoms with Crippen LogP contribution in [0.1, 0.15) is 71.6 Å². The third-order valence-electron chi connectivity index (χ3n) is 2.59. The van der Waals surface area contributed by atoms with Crippen LogP contribution < -0.4 is 0 Å². The molecule has 1 radical (unpaired) electrons. The Labute approximate surface area is 98.7 Å². The molecule has 0 nitrogen and oxygen atoms in total. The lowest BCUT2D eigenvalue weighted by molar-refractivity contribution is 0.586. The Bertz CT molecular complexity index is 129. The summed E-state index contributed by atoms with van der Waals surface area (Å²) in [6.45, 7) is 4.48. The number of rotatable bonds is 11. The summed E-state index contributed by atoms with van der Waals surface area (Å²) in [6, 6.07) is 0. The fraction of sp³-hybridized carbons (Fsp3) is 0.857. The van der Waals surface area contributed by atoms with Crippen molar-refractivity contribution in [1.82, 2.24) is 0 Å². The van der Waals surface area contributed by atoms with Crippen LogP contribution in [0.2, 0.25) is 0 Å². The SMILES string of the molecule is CC/C=C/[P]CCCCCCCCCC. The van der Waals surface area contributed by atoms with Crippen LogP contribution in [0, 0.1) is 0 Å². The van der Waals surface area contributed by atoms with E-state index in [4.69, 9.17) is 0 Å². The molecule has 89 valence electrons. The Hall–Kier alpha value is 0.170. The number of hydrogen-bond acceptors (Lipinski definition) is 0. The van der Waals surface area contributed by atoms with Crippen LogP contribution in [0.4, 0.5) is 0 Å². The molecular weight excluding hydrogens is 199 g/mol. The van der Waals surface area contributed by atoms with Gasteiger partial charge < -0.3 is 0 Å². The van der Waals surface area contributed by atoms with E-state index in [0.717, 1.165) is 0 Å². The summed E-state index contributed by atoms with van der Waals surface area (Å²) in [5.74, 6) is 2.31. The van der Waals surface area contributed by atoms with Gasteiger partial charge in [0.15, 0.2) is 0 Å². The second kappa shape index (κ2) is 14.2. The van der Waals surface area contributed by atoms with Crippen LogP contribution in [0.15, 0.2) is 11.9 Å². The van der Waals surface area contributed by atoms with Gasteiger partial charge in [0.2, 0.25) is 0 Å². The van der Waals surface area contributed by atoms with Gasteiger partial charge in [0.05, 0.1) is 0 Å². The van der Waals surface area contributed by atoms with Gasteiger partial charge in [0, 0.05) is 0 Å². The van der Waals surface area contributed by atoms with E-state index >= 15 is 0 Å². The van der Waals surface area contributed by atoms with Gasteiger partial charge in [-0.1, -0.05) is 79.3 Å². The minimum Gasteiger partial charge on any atom is -0.0840 e. The van der Waals surface area contributed by atoms with Crippen LogP contribution in [0.5, 0.6) is 0 Å². The zero-order valence-electron chi connectivity index (χ0n) is 10.7. The van der Waals surface area contributed by atoms with Gasteiger partial charge in [-0.25, -0.2) is 0 Å². The van der Waals surface area contributed by atoms with E-state index in [1.807, 2.05) is 0 Å². The largest absolute Gasteiger partial charge is 0.0840 e. The van der Waals surface area contributed by atoms with E-state index in [1.165, 1.54) is 72.5 Å². The quantitative estimate of drug-likeness (QED) is 0.300. The molecule has 0 atom stereocenters. The van der Waals surface area contributed by atoms with Crippen molar-refractivity contribution in [1.29, 1.82) is 0 Å². The van der Waals surface area contributed by atoms with Gasteiger partial charge in [0.1, 0.15) is 0 Å². The molecule has 0 saturated heterocycles. The van der Waals surface area contributed by atoms with Crippen LogP contribution in [-0.4, -0.2) is 6.16 Å². The Balaban J connectivity index is 2.89. The van der Waals surface area contributed by atoms with Gasteiger partial charge >= 0.3 is 0 Å². The summed E-state index contributed by atoms with van der Waals surface area (Å²) in [6.07, 6.45) is 16.3. The van der Waals surface area contributed by atoms with E-state index in [1.54, 1.807) is 0 Å². The summed E-state index contributed by atoms with van der Waals surface area (Å²) < 4.78 is 0. The van der Waals surface area contributed by atoms with Crippen LogP contribution in [-0.2, 0) is 0 Å². The topological polar surface area (TPSA) is 0 Å². The third kappa shape index (κ3) is 14.2. The van der Waals surface area contributed by atoms with Crippen LogP contribution in [0.3, 0.4) is 0 Å². The van der Waals surface area contributed by atoms with E-state index < -0.39 is 0 Å². The van der Waals surface area contributed by atoms with Crippen molar-refractivity contribution in [2.75, 3.05) is 6.16 Å². The predicted molar refractivity (Wildman–Crippen MR) is 73.8 cm³/mol. The number of unbranched alkanes of at least 4 members (excludes halogenated alkanes) is 7. The fourth-order valence-electron chi connectivity index (χ4n) is 1.59. The highest BCUT2D eigenvalue weighted by molar-refractivity contribution is 7.41. The maximum atomic E-state index is 2.31. The molecule has 0 rings (SSSR count). The second-order valence-corrected chi connectivity index (χ2v) is 5.28. The molecule has 0 aromatic carbocycles. The normalized spacial score (nSPS) is 12.1. The third-order valence-corrected chi connectivity index (χ3v) is 3.58. The lowest BCUT2D eigenvalue weighted by Crippen LogP contribution is -1.81. The van der Waals surface area contributed by atoms with Gasteiger partial charge in [-0.05, 0) is 19.0 Å². The highest BCUT2D eigenvalue weighted by Crippen LogP contribution is 2.16. The summed E-state index contributed by atoms with van der Waals surface area (Å²) in [7, 11) is 1.52. The molecule has 0 aliphatic carbocycles. The summed E-state index contributed by atoms with van der Waals surface area (Å²) in [4.78, 5) is 0. The van der Waals surface area contributed by atoms with E-state index in [9.17, 15) is 0 Å². The highest BCUT2D eigenvalue weighted by atomic mass is 31.1. The maximum Gasteiger partial charge on any atom is -0.0250 e. The van der Waals surface area contributed by atoms with Gasteiger partial charge in [0.25, 0.3) is 0 Å². The molecule has 0 bridgehead atoms. The van der Waals surface area contributed by atoms with Crippen molar-refractivity contribution < 1.29 is 0 Å². The van der Waals surface area contributed by atoms with Crippen LogP contribution in [0.25, 0.3) is 0 Å². The second-order valence-electron chi connectivity index (χ2n) is 4.17. The lowest BCUT2D eigenvalue weighted by atomic mass is 10.1. The molecule has 0 aliphatic heterocycles. The van der Waals surface area contributed by atoms with Gasteiger partial charge in [-0.2, -0.15) is 0 Å². The molecule has 0 heterocycles. The first-order valence-corrected chi connectivity index (χ1v) is 7.88. The van der Waals surface area contributed by atoms with Crippen molar-refractivity contribution in [2.24, 2.45) is 0 Å². The Morgan fingerprint density at radius 2 is 1.40 bits per heavy atom. The first-order chi connectivity index (χ1) is 7.41. The van der Waals surface area contributed by atoms with Crippen molar-refractivity contribution in [3.8, 4) is 0 Å². The molecule has 0 aromatic rings. The molecule has 1 heteroatoms. The molecule has 0 amide bonds. The van der Waals surface area contributed by atoms with Crippen molar-refractivity contribution >= 4 is 8.58 Å².